The first-order chi connectivity index (χ1) is 9.86. The van der Waals surface area contributed by atoms with Gasteiger partial charge < -0.3 is 14.6 Å². The number of fused-ring (bicyclic) bond motifs is 1. The molecule has 2 aromatic rings. The molecule has 1 N–H and O–H groups in total. The zero-order valence-corrected chi connectivity index (χ0v) is 12.6. The molecule has 1 heterocycles. The Morgan fingerprint density at radius 3 is 2.52 bits per heavy atom. The van der Waals surface area contributed by atoms with Gasteiger partial charge in [-0.05, 0) is 23.1 Å². The van der Waals surface area contributed by atoms with Gasteiger partial charge in [-0.25, -0.2) is 4.39 Å². The highest BCUT2D eigenvalue weighted by molar-refractivity contribution is 5.85. The van der Waals surface area contributed by atoms with Gasteiger partial charge in [-0.2, -0.15) is 9.97 Å². The highest BCUT2D eigenvalue weighted by atomic mass is 19.1. The summed E-state index contributed by atoms with van der Waals surface area (Å²) in [5.41, 5.74) is 0.737. The molecule has 0 amide bonds. The van der Waals surface area contributed by atoms with Crippen LogP contribution < -0.4 is 9.47 Å². The third kappa shape index (κ3) is 3.21. The summed E-state index contributed by atoms with van der Waals surface area (Å²) in [5, 5.41) is 9.36. The highest BCUT2D eigenvalue weighted by Crippen LogP contribution is 2.32. The van der Waals surface area contributed by atoms with Crippen molar-refractivity contribution in [1.82, 2.24) is 9.97 Å². The summed E-state index contributed by atoms with van der Waals surface area (Å²) in [6.45, 7) is 5.89. The van der Waals surface area contributed by atoms with Crippen LogP contribution >= 0.6 is 0 Å². The predicted octanol–water partition coefficient (Wildman–Crippen LogP) is 2.45. The lowest BCUT2D eigenvalue weighted by atomic mass is 9.86. The molecule has 0 radical (unpaired) electrons. The lowest BCUT2D eigenvalue weighted by molar-refractivity contribution is 0.196. The molecular weight excluding hydrogens is 275 g/mol. The van der Waals surface area contributed by atoms with Gasteiger partial charge in [0.1, 0.15) is 17.9 Å². The molecule has 0 saturated heterocycles. The standard InChI is InChI=1S/C15H19FN2O3/c1-15(2,3)9-7-10-12(11(16)8-9)17-14(20-4)18-13(10)21-6-5-19/h7-8,19H,5-6H2,1-4H3. The normalized spacial score (nSPS) is 11.7. The Bertz CT molecular complexity index is 653. The van der Waals surface area contributed by atoms with E-state index in [0.29, 0.717) is 5.39 Å². The van der Waals surface area contributed by atoms with Gasteiger partial charge in [0.05, 0.1) is 19.1 Å². The Kier molecular flexibility index (Phi) is 4.27. The summed E-state index contributed by atoms with van der Waals surface area (Å²) in [5.74, 6) is -0.247. The first-order valence-electron chi connectivity index (χ1n) is 6.66. The molecule has 2 rings (SSSR count). The van der Waals surface area contributed by atoms with Crippen molar-refractivity contribution in [3.05, 3.63) is 23.5 Å². The number of methoxy groups -OCH3 is 1. The molecule has 0 saturated carbocycles. The van der Waals surface area contributed by atoms with Crippen LogP contribution in [0.2, 0.25) is 0 Å². The lowest BCUT2D eigenvalue weighted by Gasteiger charge is -2.20. The van der Waals surface area contributed by atoms with Crippen LogP contribution in [0.4, 0.5) is 4.39 Å². The number of benzene rings is 1. The average molecular weight is 294 g/mol. The van der Waals surface area contributed by atoms with Crippen LogP contribution in [0.25, 0.3) is 10.9 Å². The summed E-state index contributed by atoms with van der Waals surface area (Å²) in [6.07, 6.45) is 0. The van der Waals surface area contributed by atoms with E-state index in [1.807, 2.05) is 26.8 Å². The monoisotopic (exact) mass is 294 g/mol. The Morgan fingerprint density at radius 1 is 1.24 bits per heavy atom. The zero-order valence-electron chi connectivity index (χ0n) is 12.6. The molecule has 6 heteroatoms. The van der Waals surface area contributed by atoms with Crippen molar-refractivity contribution >= 4 is 10.9 Å². The predicted molar refractivity (Wildman–Crippen MR) is 77.3 cm³/mol. The topological polar surface area (TPSA) is 64.5 Å². The van der Waals surface area contributed by atoms with Crippen molar-refractivity contribution in [3.8, 4) is 11.9 Å². The van der Waals surface area contributed by atoms with Gasteiger partial charge in [-0.3, -0.25) is 0 Å². The number of aliphatic hydroxyl groups excluding tert-OH is 1. The number of rotatable bonds is 4. The van der Waals surface area contributed by atoms with Crippen LogP contribution in [0, 0.1) is 5.82 Å². The Balaban J connectivity index is 2.69. The highest BCUT2D eigenvalue weighted by Gasteiger charge is 2.20. The third-order valence-corrected chi connectivity index (χ3v) is 3.08. The molecule has 0 spiro atoms. The van der Waals surface area contributed by atoms with Gasteiger partial charge >= 0.3 is 6.01 Å². The van der Waals surface area contributed by atoms with Crippen molar-refractivity contribution < 1.29 is 19.0 Å². The Labute approximate surface area is 122 Å². The minimum absolute atomic E-state index is 0.0258. The van der Waals surface area contributed by atoms with Gasteiger partial charge in [0, 0.05) is 0 Å². The largest absolute Gasteiger partial charge is 0.475 e. The average Bonchev–Trinajstić information content (AvgIpc) is 2.43. The number of hydrogen-bond acceptors (Lipinski definition) is 5. The molecular formula is C15H19FN2O3. The minimum Gasteiger partial charge on any atom is -0.475 e. The van der Waals surface area contributed by atoms with Crippen LogP contribution in [0.1, 0.15) is 26.3 Å². The van der Waals surface area contributed by atoms with Crippen LogP contribution in [-0.4, -0.2) is 35.4 Å². The first-order valence-corrected chi connectivity index (χ1v) is 6.66. The van der Waals surface area contributed by atoms with E-state index in [2.05, 4.69) is 9.97 Å². The second-order valence-corrected chi connectivity index (χ2v) is 5.69. The SMILES string of the molecule is COc1nc(OCCO)c2cc(C(C)(C)C)cc(F)c2n1. The van der Waals surface area contributed by atoms with E-state index in [9.17, 15) is 4.39 Å². The van der Waals surface area contributed by atoms with Gasteiger partial charge in [-0.1, -0.05) is 20.8 Å². The first kappa shape index (κ1) is 15.4. The minimum atomic E-state index is -0.452. The second-order valence-electron chi connectivity index (χ2n) is 5.69. The Hall–Kier alpha value is -1.95. The quantitative estimate of drug-likeness (QED) is 0.938. The number of ether oxygens (including phenoxy) is 2. The summed E-state index contributed by atoms with van der Waals surface area (Å²) >= 11 is 0. The summed E-state index contributed by atoms with van der Waals surface area (Å²) in [4.78, 5) is 8.12. The third-order valence-electron chi connectivity index (χ3n) is 3.08. The van der Waals surface area contributed by atoms with Gasteiger partial charge in [0.15, 0.2) is 0 Å². The fourth-order valence-corrected chi connectivity index (χ4v) is 1.92. The summed E-state index contributed by atoms with van der Waals surface area (Å²) in [7, 11) is 1.40. The molecule has 5 nitrogen and oxygen atoms in total. The Morgan fingerprint density at radius 2 is 1.95 bits per heavy atom. The maximum atomic E-state index is 14.3. The van der Waals surface area contributed by atoms with Crippen LogP contribution in [0.3, 0.4) is 0 Å². The molecule has 114 valence electrons. The summed E-state index contributed by atoms with van der Waals surface area (Å²) in [6, 6.07) is 3.30. The van der Waals surface area contributed by atoms with Gasteiger partial charge in [-0.15, -0.1) is 0 Å². The van der Waals surface area contributed by atoms with Crippen LogP contribution in [0.15, 0.2) is 12.1 Å². The van der Waals surface area contributed by atoms with Gasteiger partial charge in [0.25, 0.3) is 0 Å². The van der Waals surface area contributed by atoms with Crippen molar-refractivity contribution in [3.63, 3.8) is 0 Å². The van der Waals surface area contributed by atoms with Crippen molar-refractivity contribution in [1.29, 1.82) is 0 Å². The van der Waals surface area contributed by atoms with Crippen molar-refractivity contribution in [2.75, 3.05) is 20.3 Å². The van der Waals surface area contributed by atoms with E-state index in [1.54, 1.807) is 0 Å². The van der Waals surface area contributed by atoms with Crippen LogP contribution in [-0.2, 0) is 5.41 Å². The molecule has 1 aromatic carbocycles. The van der Waals surface area contributed by atoms with E-state index >= 15 is 0 Å². The van der Waals surface area contributed by atoms with Gasteiger partial charge in [0.2, 0.25) is 5.88 Å². The molecule has 0 aliphatic rings. The molecule has 0 aliphatic heterocycles. The van der Waals surface area contributed by atoms with E-state index < -0.39 is 5.82 Å². The number of hydrogen-bond donors (Lipinski definition) is 1. The maximum Gasteiger partial charge on any atom is 0.320 e. The van der Waals surface area contributed by atoms with E-state index in [4.69, 9.17) is 14.6 Å². The number of aromatic nitrogens is 2. The van der Waals surface area contributed by atoms with E-state index in [-0.39, 0.29) is 36.0 Å². The molecule has 0 bridgehead atoms. The van der Waals surface area contributed by atoms with E-state index in [0.717, 1.165) is 5.56 Å². The number of halogens is 1. The van der Waals surface area contributed by atoms with Crippen LogP contribution in [0.5, 0.6) is 11.9 Å². The molecule has 21 heavy (non-hydrogen) atoms. The molecule has 1 aromatic heterocycles. The maximum absolute atomic E-state index is 14.3. The fourth-order valence-electron chi connectivity index (χ4n) is 1.92. The fraction of sp³-hybridized carbons (Fsp3) is 0.467. The van der Waals surface area contributed by atoms with Crippen molar-refractivity contribution in [2.24, 2.45) is 0 Å². The molecule has 0 fully saturated rings. The molecule has 0 aliphatic carbocycles. The summed E-state index contributed by atoms with van der Waals surface area (Å²) < 4.78 is 24.7. The number of aliphatic hydroxyl groups is 1. The van der Waals surface area contributed by atoms with Crippen molar-refractivity contribution in [2.45, 2.75) is 26.2 Å². The lowest BCUT2D eigenvalue weighted by Crippen LogP contribution is -2.12. The van der Waals surface area contributed by atoms with E-state index in [1.165, 1.54) is 13.2 Å². The molecule has 0 atom stereocenters. The zero-order chi connectivity index (χ0) is 15.6. The smallest absolute Gasteiger partial charge is 0.320 e. The molecule has 0 unspecified atom stereocenters. The second kappa shape index (κ2) is 5.81. The number of nitrogens with zero attached hydrogens (tertiary/aromatic N) is 2.